The highest BCUT2D eigenvalue weighted by atomic mass is 28.3. The molecule has 2 unspecified atom stereocenters. The highest BCUT2D eigenvalue weighted by Gasteiger charge is 2.45. The Balaban J connectivity index is 2.85. The maximum Gasteiger partial charge on any atom is 0.309 e. The molecule has 0 spiro atoms. The minimum absolute atomic E-state index is 0.0628. The standard InChI is InChI=1S/C15H32N2O2Si/c1-12(13(18)19-5)11-17-10-8-9-16-14(17)20(6,7)15(2,3)4/h12,14,16H,8-11H2,1-7H3. The van der Waals surface area contributed by atoms with E-state index in [1.54, 1.807) is 0 Å². The van der Waals surface area contributed by atoms with E-state index in [0.717, 1.165) is 26.1 Å². The van der Waals surface area contributed by atoms with Crippen LogP contribution in [0.2, 0.25) is 18.1 Å². The Bertz CT molecular complexity index is 339. The van der Waals surface area contributed by atoms with Gasteiger partial charge < -0.3 is 10.1 Å². The summed E-state index contributed by atoms with van der Waals surface area (Å²) in [5.41, 5.74) is 0. The van der Waals surface area contributed by atoms with Crippen molar-refractivity contribution < 1.29 is 9.53 Å². The fourth-order valence-corrected chi connectivity index (χ4v) is 5.35. The molecule has 118 valence electrons. The molecule has 4 nitrogen and oxygen atoms in total. The number of rotatable bonds is 4. The van der Waals surface area contributed by atoms with Gasteiger partial charge in [-0.1, -0.05) is 40.8 Å². The van der Waals surface area contributed by atoms with Crippen LogP contribution in [0.5, 0.6) is 0 Å². The van der Waals surface area contributed by atoms with E-state index in [1.165, 1.54) is 7.11 Å². The zero-order valence-electron chi connectivity index (χ0n) is 14.2. The number of ether oxygens (including phenoxy) is 1. The monoisotopic (exact) mass is 300 g/mol. The molecule has 2 atom stereocenters. The van der Waals surface area contributed by atoms with Crippen molar-refractivity contribution in [1.29, 1.82) is 0 Å². The van der Waals surface area contributed by atoms with Crippen LogP contribution < -0.4 is 5.32 Å². The number of hydrogen-bond acceptors (Lipinski definition) is 4. The second-order valence-corrected chi connectivity index (χ2v) is 13.1. The molecule has 0 saturated carbocycles. The molecule has 0 aromatic carbocycles. The zero-order chi connectivity index (χ0) is 15.6. The van der Waals surface area contributed by atoms with E-state index in [9.17, 15) is 4.79 Å². The fourth-order valence-electron chi connectivity index (χ4n) is 2.73. The lowest BCUT2D eigenvalue weighted by molar-refractivity contribution is -0.145. The van der Waals surface area contributed by atoms with Gasteiger partial charge in [-0.15, -0.1) is 0 Å². The molecular formula is C15H32N2O2Si. The lowest BCUT2D eigenvalue weighted by atomic mass is 10.1. The Kier molecular flexibility index (Phi) is 5.81. The predicted octanol–water partition coefficient (Wildman–Crippen LogP) is 2.46. The van der Waals surface area contributed by atoms with Crippen molar-refractivity contribution in [3.63, 3.8) is 0 Å². The molecule has 1 N–H and O–H groups in total. The molecule has 20 heavy (non-hydrogen) atoms. The van der Waals surface area contributed by atoms with Crippen LogP contribution in [0.4, 0.5) is 0 Å². The number of nitrogens with one attached hydrogen (secondary N) is 1. The van der Waals surface area contributed by atoms with Crippen LogP contribution in [0.3, 0.4) is 0 Å². The van der Waals surface area contributed by atoms with E-state index < -0.39 is 8.07 Å². The van der Waals surface area contributed by atoms with E-state index in [-0.39, 0.29) is 11.9 Å². The molecule has 1 fully saturated rings. The number of carbonyl (C=O) groups is 1. The van der Waals surface area contributed by atoms with E-state index in [1.807, 2.05) is 6.92 Å². The molecule has 0 bridgehead atoms. The minimum Gasteiger partial charge on any atom is -0.469 e. The van der Waals surface area contributed by atoms with E-state index >= 15 is 0 Å². The van der Waals surface area contributed by atoms with Gasteiger partial charge in [0.25, 0.3) is 0 Å². The molecule has 1 heterocycles. The lowest BCUT2D eigenvalue weighted by Gasteiger charge is -2.50. The second-order valence-electron chi connectivity index (χ2n) is 7.60. The molecule has 1 saturated heterocycles. The number of carbonyl (C=O) groups excluding carboxylic acids is 1. The summed E-state index contributed by atoms with van der Waals surface area (Å²) in [4.78, 5) is 14.2. The van der Waals surface area contributed by atoms with Gasteiger partial charge in [0.2, 0.25) is 0 Å². The third-order valence-electron chi connectivity index (χ3n) is 5.05. The first kappa shape index (κ1) is 17.7. The molecular weight excluding hydrogens is 268 g/mol. The van der Waals surface area contributed by atoms with Crippen LogP contribution in [0, 0.1) is 5.92 Å². The molecule has 1 aliphatic rings. The van der Waals surface area contributed by atoms with Crippen molar-refractivity contribution in [2.24, 2.45) is 5.92 Å². The Labute approximate surface area is 125 Å². The van der Waals surface area contributed by atoms with E-state index in [2.05, 4.69) is 44.1 Å². The quantitative estimate of drug-likeness (QED) is 0.640. The first-order chi connectivity index (χ1) is 9.11. The highest BCUT2D eigenvalue weighted by Crippen LogP contribution is 2.39. The van der Waals surface area contributed by atoms with Crippen LogP contribution in [0.25, 0.3) is 0 Å². The van der Waals surface area contributed by atoms with Gasteiger partial charge in [-0.05, 0) is 18.0 Å². The average Bonchev–Trinajstić information content (AvgIpc) is 2.36. The van der Waals surface area contributed by atoms with E-state index in [0.29, 0.717) is 10.8 Å². The maximum atomic E-state index is 11.7. The van der Waals surface area contributed by atoms with Crippen molar-refractivity contribution in [2.75, 3.05) is 26.7 Å². The number of esters is 1. The first-order valence-electron chi connectivity index (χ1n) is 7.66. The Hall–Kier alpha value is -0.393. The van der Waals surface area contributed by atoms with Crippen LogP contribution in [0.15, 0.2) is 0 Å². The van der Waals surface area contributed by atoms with Gasteiger partial charge in [-0.2, -0.15) is 0 Å². The summed E-state index contributed by atoms with van der Waals surface area (Å²) in [6.07, 6.45) is 1.15. The summed E-state index contributed by atoms with van der Waals surface area (Å²) in [6.45, 7) is 16.8. The maximum absolute atomic E-state index is 11.7. The molecule has 1 aliphatic heterocycles. The van der Waals surface area contributed by atoms with Crippen molar-refractivity contribution in [3.8, 4) is 0 Å². The van der Waals surface area contributed by atoms with Gasteiger partial charge in [0.1, 0.15) is 0 Å². The molecule has 1 rings (SSSR count). The van der Waals surface area contributed by atoms with Crippen LogP contribution in [-0.2, 0) is 9.53 Å². The highest BCUT2D eigenvalue weighted by molar-refractivity contribution is 6.81. The van der Waals surface area contributed by atoms with Crippen LogP contribution >= 0.6 is 0 Å². The molecule has 0 aromatic rings. The summed E-state index contributed by atoms with van der Waals surface area (Å²) < 4.78 is 4.87. The summed E-state index contributed by atoms with van der Waals surface area (Å²) in [6, 6.07) is 0. The number of methoxy groups -OCH3 is 1. The molecule has 0 aliphatic carbocycles. The predicted molar refractivity (Wildman–Crippen MR) is 86.4 cm³/mol. The average molecular weight is 301 g/mol. The van der Waals surface area contributed by atoms with Crippen molar-refractivity contribution >= 4 is 14.0 Å². The minimum atomic E-state index is -1.52. The van der Waals surface area contributed by atoms with Gasteiger partial charge in [0.15, 0.2) is 0 Å². The topological polar surface area (TPSA) is 41.6 Å². The first-order valence-corrected chi connectivity index (χ1v) is 10.7. The molecule has 0 radical (unpaired) electrons. The Morgan fingerprint density at radius 1 is 1.45 bits per heavy atom. The van der Waals surface area contributed by atoms with E-state index in [4.69, 9.17) is 4.74 Å². The van der Waals surface area contributed by atoms with Crippen molar-refractivity contribution in [3.05, 3.63) is 0 Å². The molecule has 0 aromatic heterocycles. The summed E-state index contributed by atoms with van der Waals surface area (Å²) >= 11 is 0. The SMILES string of the molecule is COC(=O)C(C)CN1CCCNC1[Si](C)(C)C(C)(C)C. The van der Waals surface area contributed by atoms with Gasteiger partial charge in [0, 0.05) is 18.9 Å². The van der Waals surface area contributed by atoms with Gasteiger partial charge >= 0.3 is 5.97 Å². The normalized spacial score (nSPS) is 23.4. The van der Waals surface area contributed by atoms with Crippen molar-refractivity contribution in [1.82, 2.24) is 10.2 Å². The molecule has 5 heteroatoms. The Morgan fingerprint density at radius 2 is 2.05 bits per heavy atom. The molecule has 0 amide bonds. The van der Waals surface area contributed by atoms with Crippen LogP contribution in [0.1, 0.15) is 34.1 Å². The fraction of sp³-hybridized carbons (Fsp3) is 0.933. The summed E-state index contributed by atoms with van der Waals surface area (Å²) in [5, 5.41) is 4.04. The largest absolute Gasteiger partial charge is 0.469 e. The second kappa shape index (κ2) is 6.58. The smallest absolute Gasteiger partial charge is 0.309 e. The van der Waals surface area contributed by atoms with Crippen LogP contribution in [-0.4, -0.2) is 51.5 Å². The van der Waals surface area contributed by atoms with Gasteiger partial charge in [0.05, 0.1) is 21.1 Å². The van der Waals surface area contributed by atoms with Crippen molar-refractivity contribution in [2.45, 2.75) is 58.0 Å². The third-order valence-corrected chi connectivity index (χ3v) is 10.9. The third kappa shape index (κ3) is 3.83. The summed E-state index contributed by atoms with van der Waals surface area (Å²) in [7, 11) is -0.0454. The number of nitrogens with zero attached hydrogens (tertiary/aromatic N) is 1. The Morgan fingerprint density at radius 3 is 2.55 bits per heavy atom. The lowest BCUT2D eigenvalue weighted by Crippen LogP contribution is -2.67. The zero-order valence-corrected chi connectivity index (χ0v) is 15.2. The van der Waals surface area contributed by atoms with Gasteiger partial charge in [-0.25, -0.2) is 0 Å². The summed E-state index contributed by atoms with van der Waals surface area (Å²) in [5.74, 6) is 0.264. The van der Waals surface area contributed by atoms with Gasteiger partial charge in [-0.3, -0.25) is 9.69 Å². The number of hydrogen-bond donors (Lipinski definition) is 1.